The minimum absolute atomic E-state index is 0.844. The van der Waals surface area contributed by atoms with Gasteiger partial charge in [-0.1, -0.05) is 26.0 Å². The van der Waals surface area contributed by atoms with E-state index in [9.17, 15) is 0 Å². The van der Waals surface area contributed by atoms with Crippen LogP contribution in [0.2, 0.25) is 0 Å². The summed E-state index contributed by atoms with van der Waals surface area (Å²) in [7, 11) is 1.73. The molecule has 1 aliphatic heterocycles. The molecule has 1 aliphatic rings. The zero-order valence-electron chi connectivity index (χ0n) is 17.7. The maximum absolute atomic E-state index is 5.53. The molecule has 1 aromatic heterocycles. The Labute approximate surface area is 169 Å². The predicted molar refractivity (Wildman–Crippen MR) is 117 cm³/mol. The van der Waals surface area contributed by atoms with Gasteiger partial charge in [-0.2, -0.15) is 0 Å². The van der Waals surface area contributed by atoms with E-state index in [1.165, 1.54) is 5.69 Å². The van der Waals surface area contributed by atoms with Gasteiger partial charge in [-0.15, -0.1) is 0 Å². The quantitative estimate of drug-likeness (QED) is 0.692. The first-order valence-corrected chi connectivity index (χ1v) is 10.4. The summed E-state index contributed by atoms with van der Waals surface area (Å²) in [5.41, 5.74) is 1.17. The summed E-state index contributed by atoms with van der Waals surface area (Å²) < 4.78 is 5.53. The second-order valence-corrected chi connectivity index (χ2v) is 7.26. The number of para-hydroxylation sites is 2. The molecule has 0 atom stereocenters. The van der Waals surface area contributed by atoms with Gasteiger partial charge in [-0.25, -0.2) is 9.97 Å². The Bertz CT molecular complexity index is 752. The Kier molecular flexibility index (Phi) is 6.95. The van der Waals surface area contributed by atoms with Crippen LogP contribution in [0.3, 0.4) is 0 Å². The zero-order valence-corrected chi connectivity index (χ0v) is 17.7. The van der Waals surface area contributed by atoms with Gasteiger partial charge in [0.25, 0.3) is 0 Å². The highest BCUT2D eigenvalue weighted by Crippen LogP contribution is 2.29. The largest absolute Gasteiger partial charge is 0.495 e. The second kappa shape index (κ2) is 9.62. The van der Waals surface area contributed by atoms with E-state index in [4.69, 9.17) is 14.7 Å². The Balaban J connectivity index is 1.73. The fraction of sp³-hybridized carbons (Fsp3) is 0.545. The lowest BCUT2D eigenvalue weighted by molar-refractivity contribution is 0.413. The molecule has 0 N–H and O–H groups in total. The lowest BCUT2D eigenvalue weighted by Crippen LogP contribution is -2.47. The predicted octanol–water partition coefficient (Wildman–Crippen LogP) is 3.75. The van der Waals surface area contributed by atoms with E-state index < -0.39 is 0 Å². The topological polar surface area (TPSA) is 44.7 Å². The summed E-state index contributed by atoms with van der Waals surface area (Å²) in [5.74, 6) is 3.88. The second-order valence-electron chi connectivity index (χ2n) is 7.26. The molecule has 3 rings (SSSR count). The van der Waals surface area contributed by atoms with Crippen LogP contribution in [0.5, 0.6) is 5.75 Å². The van der Waals surface area contributed by atoms with Gasteiger partial charge in [-0.3, -0.25) is 0 Å². The number of aryl methyl sites for hydroxylation is 1. The molecule has 1 saturated heterocycles. The number of methoxy groups -OCH3 is 1. The molecule has 6 nitrogen and oxygen atoms in total. The van der Waals surface area contributed by atoms with Crippen molar-refractivity contribution in [1.29, 1.82) is 0 Å². The first kappa shape index (κ1) is 20.2. The lowest BCUT2D eigenvalue weighted by atomic mass is 10.2. The highest BCUT2D eigenvalue weighted by molar-refractivity contribution is 5.60. The monoisotopic (exact) mass is 383 g/mol. The Morgan fingerprint density at radius 3 is 2.25 bits per heavy atom. The highest BCUT2D eigenvalue weighted by atomic mass is 16.5. The van der Waals surface area contributed by atoms with E-state index in [0.717, 1.165) is 75.3 Å². The van der Waals surface area contributed by atoms with Crippen LogP contribution in [0.1, 0.15) is 32.5 Å². The van der Waals surface area contributed by atoms with Crippen LogP contribution in [0.15, 0.2) is 30.3 Å². The summed E-state index contributed by atoms with van der Waals surface area (Å²) in [5, 5.41) is 0. The molecule has 152 valence electrons. The minimum Gasteiger partial charge on any atom is -0.495 e. The maximum atomic E-state index is 5.53. The normalized spacial score (nSPS) is 14.3. The van der Waals surface area contributed by atoms with Crippen molar-refractivity contribution in [2.45, 2.75) is 33.6 Å². The van der Waals surface area contributed by atoms with Gasteiger partial charge in [0, 0.05) is 45.3 Å². The molecular formula is C22H33N5O. The van der Waals surface area contributed by atoms with E-state index in [0.29, 0.717) is 0 Å². The van der Waals surface area contributed by atoms with Crippen LogP contribution < -0.4 is 19.4 Å². The number of hydrogen-bond acceptors (Lipinski definition) is 6. The zero-order chi connectivity index (χ0) is 19.9. The number of aromatic nitrogens is 2. The summed E-state index contributed by atoms with van der Waals surface area (Å²) in [4.78, 5) is 16.6. The first-order valence-electron chi connectivity index (χ1n) is 10.4. The minimum atomic E-state index is 0.844. The third-order valence-corrected chi connectivity index (χ3v) is 5.15. The molecule has 0 spiro atoms. The van der Waals surface area contributed by atoms with E-state index in [1.807, 2.05) is 19.1 Å². The van der Waals surface area contributed by atoms with Crippen molar-refractivity contribution in [3.8, 4) is 5.75 Å². The third kappa shape index (κ3) is 4.66. The van der Waals surface area contributed by atoms with Crippen molar-refractivity contribution < 1.29 is 4.74 Å². The fourth-order valence-corrected chi connectivity index (χ4v) is 3.81. The summed E-state index contributed by atoms with van der Waals surface area (Å²) in [6, 6.07) is 10.4. The molecule has 0 bridgehead atoms. The summed E-state index contributed by atoms with van der Waals surface area (Å²) >= 11 is 0. The average Bonchev–Trinajstić information content (AvgIpc) is 2.73. The molecule has 0 aliphatic carbocycles. The summed E-state index contributed by atoms with van der Waals surface area (Å²) in [6.45, 7) is 12.3. The molecule has 28 heavy (non-hydrogen) atoms. The number of piperazine rings is 1. The fourth-order valence-electron chi connectivity index (χ4n) is 3.81. The van der Waals surface area contributed by atoms with Crippen molar-refractivity contribution in [3.63, 3.8) is 0 Å². The molecule has 6 heteroatoms. The average molecular weight is 384 g/mol. The Morgan fingerprint density at radius 2 is 1.61 bits per heavy atom. The lowest BCUT2D eigenvalue weighted by Gasteiger charge is -2.37. The molecule has 0 saturated carbocycles. The van der Waals surface area contributed by atoms with Gasteiger partial charge in [0.15, 0.2) is 0 Å². The Morgan fingerprint density at radius 1 is 0.964 bits per heavy atom. The first-order chi connectivity index (χ1) is 13.7. The SMILES string of the molecule is CCCN(CCC)c1cc(N2CCN(c3ccccc3OC)CC2)nc(C)n1. The van der Waals surface area contributed by atoms with E-state index >= 15 is 0 Å². The number of rotatable bonds is 8. The van der Waals surface area contributed by atoms with Gasteiger partial charge >= 0.3 is 0 Å². The van der Waals surface area contributed by atoms with E-state index in [-0.39, 0.29) is 0 Å². The number of ether oxygens (including phenoxy) is 1. The number of nitrogens with zero attached hydrogens (tertiary/aromatic N) is 5. The van der Waals surface area contributed by atoms with Crippen LogP contribution >= 0.6 is 0 Å². The van der Waals surface area contributed by atoms with Crippen LogP contribution in [-0.4, -0.2) is 56.3 Å². The van der Waals surface area contributed by atoms with Crippen molar-refractivity contribution in [2.75, 3.05) is 61.1 Å². The molecule has 2 aromatic rings. The Hall–Kier alpha value is -2.50. The molecule has 2 heterocycles. The van der Waals surface area contributed by atoms with Gasteiger partial charge in [0.05, 0.1) is 12.8 Å². The van der Waals surface area contributed by atoms with Crippen LogP contribution in [0.4, 0.5) is 17.3 Å². The third-order valence-electron chi connectivity index (χ3n) is 5.15. The van der Waals surface area contributed by atoms with E-state index in [2.05, 4.69) is 46.7 Å². The number of hydrogen-bond donors (Lipinski definition) is 0. The molecular weight excluding hydrogens is 350 g/mol. The molecule has 0 amide bonds. The van der Waals surface area contributed by atoms with Gasteiger partial charge in [0.2, 0.25) is 0 Å². The smallest absolute Gasteiger partial charge is 0.142 e. The van der Waals surface area contributed by atoms with Crippen molar-refractivity contribution >= 4 is 17.3 Å². The summed E-state index contributed by atoms with van der Waals surface area (Å²) in [6.07, 6.45) is 2.24. The number of anilines is 3. The standard InChI is InChI=1S/C22H33N5O/c1-5-11-26(12-6-2)21-17-22(24-18(3)23-21)27-15-13-25(14-16-27)19-9-7-8-10-20(19)28-4/h7-10,17H,5-6,11-16H2,1-4H3. The van der Waals surface area contributed by atoms with Gasteiger partial charge in [0.1, 0.15) is 23.2 Å². The van der Waals surface area contributed by atoms with Crippen molar-refractivity contribution in [1.82, 2.24) is 9.97 Å². The van der Waals surface area contributed by atoms with Crippen LogP contribution in [0.25, 0.3) is 0 Å². The van der Waals surface area contributed by atoms with Crippen molar-refractivity contribution in [2.24, 2.45) is 0 Å². The van der Waals surface area contributed by atoms with Crippen LogP contribution in [0, 0.1) is 6.92 Å². The highest BCUT2D eigenvalue weighted by Gasteiger charge is 2.21. The van der Waals surface area contributed by atoms with Gasteiger partial charge in [-0.05, 0) is 31.9 Å². The molecule has 1 aromatic carbocycles. The molecule has 0 radical (unpaired) electrons. The van der Waals surface area contributed by atoms with Gasteiger partial charge < -0.3 is 19.4 Å². The maximum Gasteiger partial charge on any atom is 0.142 e. The molecule has 1 fully saturated rings. The van der Waals surface area contributed by atoms with Crippen LogP contribution in [-0.2, 0) is 0 Å². The van der Waals surface area contributed by atoms with Crippen molar-refractivity contribution in [3.05, 3.63) is 36.2 Å². The van der Waals surface area contributed by atoms with E-state index in [1.54, 1.807) is 7.11 Å². The number of benzene rings is 1. The molecule has 0 unspecified atom stereocenters.